The predicted molar refractivity (Wildman–Crippen MR) is 54.2 cm³/mol. The molecule has 0 unspecified atom stereocenters. The zero-order valence-corrected chi connectivity index (χ0v) is 8.75. The van der Waals surface area contributed by atoms with Crippen LogP contribution in [-0.2, 0) is 6.42 Å². The van der Waals surface area contributed by atoms with Gasteiger partial charge < -0.3 is 5.73 Å². The minimum Gasteiger partial charge on any atom is -0.325 e. The maximum absolute atomic E-state index is 13.0. The molecule has 1 rings (SSSR count). The zero-order valence-electron chi connectivity index (χ0n) is 7.24. The highest BCUT2D eigenvalue weighted by Gasteiger charge is 2.29. The fourth-order valence-corrected chi connectivity index (χ4v) is 1.56. The van der Waals surface area contributed by atoms with E-state index in [0.29, 0.717) is 0 Å². The lowest BCUT2D eigenvalue weighted by molar-refractivity contribution is 0.0115. The summed E-state index contributed by atoms with van der Waals surface area (Å²) >= 11 is 11.5. The molecule has 1 aromatic carbocycles. The Morgan fingerprint density at radius 3 is 2.14 bits per heavy atom. The molecule has 0 atom stereocenters. The summed E-state index contributed by atoms with van der Waals surface area (Å²) < 4.78 is 25.9. The number of halogens is 4. The second kappa shape index (κ2) is 4.43. The molecule has 0 saturated heterocycles. The largest absolute Gasteiger partial charge is 0.325 e. The number of hydrogen-bond donors (Lipinski definition) is 1. The van der Waals surface area contributed by atoms with Crippen molar-refractivity contribution in [1.82, 2.24) is 0 Å². The molecule has 5 heteroatoms. The first-order chi connectivity index (χ1) is 6.46. The molecule has 0 radical (unpaired) electrons. The number of hydrogen-bond acceptors (Lipinski definition) is 1. The number of rotatable bonds is 3. The summed E-state index contributed by atoms with van der Waals surface area (Å²) in [5, 5.41) is 0.483. The van der Waals surface area contributed by atoms with Crippen molar-refractivity contribution in [2.24, 2.45) is 5.73 Å². The Hall–Kier alpha value is -0.380. The van der Waals surface area contributed by atoms with Gasteiger partial charge in [-0.2, -0.15) is 0 Å². The molecule has 0 aliphatic rings. The minimum absolute atomic E-state index is 0.241. The second-order valence-corrected chi connectivity index (χ2v) is 3.75. The first kappa shape index (κ1) is 11.7. The lowest BCUT2D eigenvalue weighted by Gasteiger charge is -2.15. The van der Waals surface area contributed by atoms with Crippen LogP contribution in [0.4, 0.5) is 8.78 Å². The maximum atomic E-state index is 13.0. The molecular weight excluding hydrogens is 231 g/mol. The van der Waals surface area contributed by atoms with E-state index in [4.69, 9.17) is 28.9 Å². The van der Waals surface area contributed by atoms with Gasteiger partial charge in [0.25, 0.3) is 5.92 Å². The molecule has 0 amide bonds. The summed E-state index contributed by atoms with van der Waals surface area (Å²) in [6, 6.07) is 4.65. The van der Waals surface area contributed by atoms with Crippen molar-refractivity contribution >= 4 is 23.2 Å². The topological polar surface area (TPSA) is 26.0 Å². The third-order valence-corrected chi connectivity index (χ3v) is 2.50. The van der Waals surface area contributed by atoms with Crippen LogP contribution in [0.5, 0.6) is 0 Å². The van der Waals surface area contributed by atoms with Crippen LogP contribution in [-0.4, -0.2) is 12.5 Å². The van der Waals surface area contributed by atoms with Crippen LogP contribution >= 0.6 is 23.2 Å². The molecule has 14 heavy (non-hydrogen) atoms. The van der Waals surface area contributed by atoms with Gasteiger partial charge in [0.2, 0.25) is 0 Å². The lowest BCUT2D eigenvalue weighted by atomic mass is 10.1. The summed E-state index contributed by atoms with van der Waals surface area (Å²) in [4.78, 5) is 0. The Balaban J connectivity index is 2.97. The van der Waals surface area contributed by atoms with Crippen LogP contribution in [0.25, 0.3) is 0 Å². The molecule has 0 spiro atoms. The van der Waals surface area contributed by atoms with E-state index in [1.54, 1.807) is 6.07 Å². The molecule has 0 fully saturated rings. The van der Waals surface area contributed by atoms with Crippen molar-refractivity contribution < 1.29 is 8.78 Å². The molecule has 1 nitrogen and oxygen atoms in total. The molecule has 0 aliphatic carbocycles. The van der Waals surface area contributed by atoms with Gasteiger partial charge in [0, 0.05) is 16.5 Å². The van der Waals surface area contributed by atoms with Gasteiger partial charge in [0.15, 0.2) is 0 Å². The average molecular weight is 240 g/mol. The molecule has 78 valence electrons. The first-order valence-corrected chi connectivity index (χ1v) is 4.72. The van der Waals surface area contributed by atoms with E-state index in [2.05, 4.69) is 0 Å². The van der Waals surface area contributed by atoms with Crippen LogP contribution in [0.2, 0.25) is 10.0 Å². The SMILES string of the molecule is NCC(F)(F)Cc1c(Cl)cccc1Cl. The second-order valence-electron chi connectivity index (χ2n) is 2.94. The van der Waals surface area contributed by atoms with Gasteiger partial charge in [-0.15, -0.1) is 0 Å². The van der Waals surface area contributed by atoms with Crippen molar-refractivity contribution in [3.05, 3.63) is 33.8 Å². The molecule has 0 saturated carbocycles. The maximum Gasteiger partial charge on any atom is 0.264 e. The first-order valence-electron chi connectivity index (χ1n) is 3.97. The van der Waals surface area contributed by atoms with Crippen LogP contribution in [0, 0.1) is 0 Å². The smallest absolute Gasteiger partial charge is 0.264 e. The molecule has 2 N–H and O–H groups in total. The van der Waals surface area contributed by atoms with Crippen LogP contribution in [0.1, 0.15) is 5.56 Å². The van der Waals surface area contributed by atoms with Gasteiger partial charge in [-0.1, -0.05) is 29.3 Å². The Kier molecular flexibility index (Phi) is 3.70. The lowest BCUT2D eigenvalue weighted by Crippen LogP contribution is -2.30. The van der Waals surface area contributed by atoms with Gasteiger partial charge in [-0.05, 0) is 17.7 Å². The van der Waals surface area contributed by atoms with Gasteiger partial charge in [-0.25, -0.2) is 8.78 Å². The van der Waals surface area contributed by atoms with Crippen molar-refractivity contribution in [2.75, 3.05) is 6.54 Å². The van der Waals surface area contributed by atoms with Crippen molar-refractivity contribution in [3.63, 3.8) is 0 Å². The Bertz CT molecular complexity index is 308. The summed E-state index contributed by atoms with van der Waals surface area (Å²) in [5.41, 5.74) is 5.16. The molecule has 0 heterocycles. The summed E-state index contributed by atoms with van der Waals surface area (Å²) in [5.74, 6) is -2.96. The molecule has 0 aliphatic heterocycles. The van der Waals surface area contributed by atoms with Gasteiger partial charge in [0.1, 0.15) is 0 Å². The van der Waals surface area contributed by atoms with E-state index in [0.717, 1.165) is 0 Å². The van der Waals surface area contributed by atoms with E-state index in [1.807, 2.05) is 0 Å². The molecule has 0 bridgehead atoms. The monoisotopic (exact) mass is 239 g/mol. The highest BCUT2D eigenvalue weighted by Crippen LogP contribution is 2.29. The Morgan fingerprint density at radius 1 is 1.21 bits per heavy atom. The fraction of sp³-hybridized carbons (Fsp3) is 0.333. The van der Waals surface area contributed by atoms with Crippen molar-refractivity contribution in [1.29, 1.82) is 0 Å². The number of benzene rings is 1. The third kappa shape index (κ3) is 2.80. The average Bonchev–Trinajstić information content (AvgIpc) is 2.12. The normalized spacial score (nSPS) is 11.8. The minimum atomic E-state index is -2.96. The molecule has 1 aromatic rings. The van der Waals surface area contributed by atoms with Gasteiger partial charge in [-0.3, -0.25) is 0 Å². The fourth-order valence-electron chi connectivity index (χ4n) is 1.03. The van der Waals surface area contributed by atoms with Gasteiger partial charge >= 0.3 is 0 Å². The van der Waals surface area contributed by atoms with Gasteiger partial charge in [0.05, 0.1) is 6.54 Å². The zero-order chi connectivity index (χ0) is 10.8. The van der Waals surface area contributed by atoms with E-state index in [9.17, 15) is 8.78 Å². The van der Waals surface area contributed by atoms with E-state index >= 15 is 0 Å². The Morgan fingerprint density at radius 2 is 1.71 bits per heavy atom. The van der Waals surface area contributed by atoms with E-state index in [-0.39, 0.29) is 15.6 Å². The molecule has 0 aromatic heterocycles. The predicted octanol–water partition coefficient (Wildman–Crippen LogP) is 3.13. The summed E-state index contributed by atoms with van der Waals surface area (Å²) in [6.07, 6.45) is -0.526. The third-order valence-electron chi connectivity index (χ3n) is 1.80. The standard InChI is InChI=1S/C9H9Cl2F2N/c10-7-2-1-3-8(11)6(7)4-9(12,13)5-14/h1-3H,4-5,14H2. The number of alkyl halides is 2. The van der Waals surface area contributed by atoms with E-state index in [1.165, 1.54) is 12.1 Å². The van der Waals surface area contributed by atoms with Crippen LogP contribution < -0.4 is 5.73 Å². The molecular formula is C9H9Cl2F2N. The van der Waals surface area contributed by atoms with Crippen LogP contribution in [0.3, 0.4) is 0 Å². The van der Waals surface area contributed by atoms with Crippen LogP contribution in [0.15, 0.2) is 18.2 Å². The quantitative estimate of drug-likeness (QED) is 0.862. The van der Waals surface area contributed by atoms with Crippen molar-refractivity contribution in [2.45, 2.75) is 12.3 Å². The summed E-state index contributed by atoms with van der Waals surface area (Å²) in [6.45, 7) is -0.714. The van der Waals surface area contributed by atoms with Crippen molar-refractivity contribution in [3.8, 4) is 0 Å². The highest BCUT2D eigenvalue weighted by atomic mass is 35.5. The highest BCUT2D eigenvalue weighted by molar-refractivity contribution is 6.36. The van der Waals surface area contributed by atoms with E-state index < -0.39 is 18.9 Å². The summed E-state index contributed by atoms with van der Waals surface area (Å²) in [7, 11) is 0. The number of nitrogens with two attached hydrogens (primary N) is 1. The Labute approximate surface area is 90.8 Å².